The maximum Gasteiger partial charge on any atom is 0.491 e. The van der Waals surface area contributed by atoms with E-state index in [0.717, 1.165) is 25.1 Å². The van der Waals surface area contributed by atoms with Gasteiger partial charge >= 0.3 is 18.1 Å². The van der Waals surface area contributed by atoms with Crippen LogP contribution in [0.15, 0.2) is 78.9 Å². The first-order chi connectivity index (χ1) is 18.8. The number of hydrogen-bond donors (Lipinski definition) is 0. The lowest BCUT2D eigenvalue weighted by atomic mass is 10.0. The second-order valence-corrected chi connectivity index (χ2v) is 9.80. The Bertz CT molecular complexity index is 1210. The summed E-state index contributed by atoms with van der Waals surface area (Å²) in [6.45, 7) is 2.47. The van der Waals surface area contributed by atoms with Gasteiger partial charge in [0.1, 0.15) is 12.4 Å². The van der Waals surface area contributed by atoms with E-state index in [-0.39, 0.29) is 12.8 Å². The van der Waals surface area contributed by atoms with Crippen LogP contribution < -0.4 is 4.74 Å². The molecule has 4 rings (SSSR count). The lowest BCUT2D eigenvalue weighted by Gasteiger charge is -2.24. The first-order valence-corrected chi connectivity index (χ1v) is 13.2. The zero-order valence-electron chi connectivity index (χ0n) is 21.7. The lowest BCUT2D eigenvalue weighted by Crippen LogP contribution is -2.29. The van der Waals surface area contributed by atoms with Crippen molar-refractivity contribution in [3.05, 3.63) is 101 Å². The second-order valence-electron chi connectivity index (χ2n) is 9.80. The number of alkyl halides is 3. The van der Waals surface area contributed by atoms with E-state index in [2.05, 4.69) is 64.2 Å². The zero-order valence-corrected chi connectivity index (χ0v) is 21.7. The minimum absolute atomic E-state index is 0.149. The molecule has 0 N–H and O–H groups in total. The summed E-state index contributed by atoms with van der Waals surface area (Å²) >= 11 is 0. The van der Waals surface area contributed by atoms with Crippen molar-refractivity contribution in [1.29, 1.82) is 0 Å². The molecule has 39 heavy (non-hydrogen) atoms. The highest BCUT2D eigenvalue weighted by Gasteiger charge is 2.42. The molecule has 0 radical (unpaired) electrons. The fraction of sp³-hybridized carbons (Fsp3) is 0.355. The Morgan fingerprint density at radius 1 is 0.821 bits per heavy atom. The fourth-order valence-corrected chi connectivity index (χ4v) is 4.76. The number of benzene rings is 3. The quantitative estimate of drug-likeness (QED) is 0.208. The molecule has 0 amide bonds. The van der Waals surface area contributed by atoms with E-state index < -0.39 is 18.1 Å². The van der Waals surface area contributed by atoms with E-state index in [1.54, 1.807) is 24.3 Å². The Balaban J connectivity index is 1.19. The summed E-state index contributed by atoms with van der Waals surface area (Å²) < 4.78 is 46.1. The van der Waals surface area contributed by atoms with Crippen molar-refractivity contribution in [2.24, 2.45) is 0 Å². The number of aryl methyl sites for hydroxylation is 2. The third kappa shape index (κ3) is 8.96. The van der Waals surface area contributed by atoms with Crippen LogP contribution in [0.4, 0.5) is 13.2 Å². The largest absolute Gasteiger partial charge is 0.491 e. The van der Waals surface area contributed by atoms with E-state index in [1.165, 1.54) is 30.4 Å². The number of halogens is 3. The maximum atomic E-state index is 12.2. The van der Waals surface area contributed by atoms with Crippen molar-refractivity contribution in [2.45, 2.75) is 63.9 Å². The minimum Gasteiger partial charge on any atom is -0.489 e. The highest BCUT2D eigenvalue weighted by Crippen LogP contribution is 2.24. The monoisotopic (exact) mass is 539 g/mol. The zero-order chi connectivity index (χ0) is 27.7. The highest BCUT2D eigenvalue weighted by molar-refractivity contribution is 5.88. The molecule has 1 aliphatic rings. The number of likely N-dealkylation sites (tertiary alicyclic amines) is 1. The number of ether oxygens (including phenoxy) is 2. The third-order valence-corrected chi connectivity index (χ3v) is 6.90. The smallest absolute Gasteiger partial charge is 0.489 e. The molecule has 3 aromatic carbocycles. The predicted octanol–water partition coefficient (Wildman–Crippen LogP) is 6.43. The third-order valence-electron chi connectivity index (χ3n) is 6.90. The molecule has 0 saturated carbocycles. The molecule has 8 heteroatoms. The molecule has 0 aliphatic carbocycles. The van der Waals surface area contributed by atoms with Crippen LogP contribution in [0.25, 0.3) is 0 Å². The highest BCUT2D eigenvalue weighted by atomic mass is 19.4. The van der Waals surface area contributed by atoms with Crippen molar-refractivity contribution >= 4 is 11.9 Å². The molecule has 1 heterocycles. The minimum atomic E-state index is -5.19. The Morgan fingerprint density at radius 2 is 1.46 bits per heavy atom. The Morgan fingerprint density at radius 3 is 2.15 bits per heavy atom. The molecular weight excluding hydrogens is 507 g/mol. The molecule has 3 aromatic rings. The molecule has 0 spiro atoms. The van der Waals surface area contributed by atoms with Crippen molar-refractivity contribution in [1.82, 2.24) is 4.90 Å². The van der Waals surface area contributed by atoms with Crippen molar-refractivity contribution in [3.63, 3.8) is 0 Å². The van der Waals surface area contributed by atoms with Gasteiger partial charge in [-0.15, -0.1) is 0 Å². The predicted molar refractivity (Wildman–Crippen MR) is 141 cm³/mol. The molecule has 5 nitrogen and oxygen atoms in total. The second kappa shape index (κ2) is 13.4. The fourth-order valence-electron chi connectivity index (χ4n) is 4.76. The van der Waals surface area contributed by atoms with Crippen LogP contribution in [0.2, 0.25) is 0 Å². The summed E-state index contributed by atoms with van der Waals surface area (Å²) in [5.74, 6) is -3.08. The molecular formula is C31H32F3NO4. The summed E-state index contributed by atoms with van der Waals surface area (Å²) in [5.41, 5.74) is 4.44. The Hall–Kier alpha value is -3.65. The molecule has 1 fully saturated rings. The van der Waals surface area contributed by atoms with Gasteiger partial charge in [0.2, 0.25) is 0 Å². The van der Waals surface area contributed by atoms with Gasteiger partial charge in [-0.25, -0.2) is 4.79 Å². The van der Waals surface area contributed by atoms with E-state index >= 15 is 0 Å². The van der Waals surface area contributed by atoms with Crippen molar-refractivity contribution in [3.8, 4) is 5.75 Å². The first-order valence-electron chi connectivity index (χ1n) is 13.2. The van der Waals surface area contributed by atoms with Crippen LogP contribution in [-0.2, 0) is 40.3 Å². The summed E-state index contributed by atoms with van der Waals surface area (Å²) in [6.07, 6.45) is -0.597. The van der Waals surface area contributed by atoms with Gasteiger partial charge < -0.3 is 9.47 Å². The van der Waals surface area contributed by atoms with Crippen molar-refractivity contribution < 1.29 is 32.2 Å². The van der Waals surface area contributed by atoms with Gasteiger partial charge in [0.15, 0.2) is 0 Å². The number of nitrogens with zero attached hydrogens (tertiary/aromatic N) is 1. The van der Waals surface area contributed by atoms with E-state index in [4.69, 9.17) is 4.74 Å². The topological polar surface area (TPSA) is 55.8 Å². The van der Waals surface area contributed by atoms with E-state index in [0.29, 0.717) is 24.0 Å². The summed E-state index contributed by atoms with van der Waals surface area (Å²) in [6, 6.07) is 26.6. The molecule has 0 bridgehead atoms. The average Bonchev–Trinajstić information content (AvgIpc) is 3.37. The van der Waals surface area contributed by atoms with Gasteiger partial charge in [0, 0.05) is 12.6 Å². The van der Waals surface area contributed by atoms with Gasteiger partial charge in [-0.1, -0.05) is 66.7 Å². The lowest BCUT2D eigenvalue weighted by molar-refractivity contribution is -0.201. The summed E-state index contributed by atoms with van der Waals surface area (Å²) in [7, 11) is 0. The van der Waals surface area contributed by atoms with Gasteiger partial charge in [0.25, 0.3) is 0 Å². The normalized spacial score (nSPS) is 15.7. The SMILES string of the molecule is O=C(CCc1ccc(OCc2ccc(CN3CCCC3CCc3ccccc3)cc2)cc1)OC(=O)C(F)(F)F. The van der Waals surface area contributed by atoms with Crippen LogP contribution in [0.3, 0.4) is 0 Å². The Kier molecular flexibility index (Phi) is 9.76. The molecule has 1 aliphatic heterocycles. The summed E-state index contributed by atoms with van der Waals surface area (Å²) in [4.78, 5) is 24.7. The van der Waals surface area contributed by atoms with Crippen LogP contribution in [0.5, 0.6) is 5.75 Å². The molecule has 1 unspecified atom stereocenters. The summed E-state index contributed by atoms with van der Waals surface area (Å²) in [5, 5.41) is 0. The first kappa shape index (κ1) is 28.4. The molecule has 1 atom stereocenters. The Labute approximate surface area is 226 Å². The van der Waals surface area contributed by atoms with E-state index in [1.807, 2.05) is 0 Å². The average molecular weight is 540 g/mol. The van der Waals surface area contributed by atoms with E-state index in [9.17, 15) is 22.8 Å². The number of hydrogen-bond acceptors (Lipinski definition) is 5. The van der Waals surface area contributed by atoms with Crippen molar-refractivity contribution in [2.75, 3.05) is 6.54 Å². The standard InChI is InChI=1S/C31H32F3NO4/c32-31(33,34)30(37)39-29(36)19-15-24-13-17-28(18-14-24)38-22-26-10-8-25(9-11-26)21-35-20-4-7-27(35)16-12-23-5-2-1-3-6-23/h1-3,5-6,8-11,13-14,17-18,27H,4,7,12,15-16,19-22H2. The van der Waals surface area contributed by atoms with Gasteiger partial charge in [-0.05, 0) is 73.0 Å². The number of carbonyl (C=O) groups is 2. The van der Waals surface area contributed by atoms with Crippen LogP contribution >= 0.6 is 0 Å². The van der Waals surface area contributed by atoms with Crippen LogP contribution in [0, 0.1) is 0 Å². The molecule has 0 aromatic heterocycles. The number of carbonyl (C=O) groups excluding carboxylic acids is 2. The number of esters is 2. The van der Waals surface area contributed by atoms with Crippen LogP contribution in [0.1, 0.15) is 47.9 Å². The van der Waals surface area contributed by atoms with Crippen LogP contribution in [-0.4, -0.2) is 35.6 Å². The van der Waals surface area contributed by atoms with Gasteiger partial charge in [-0.2, -0.15) is 13.2 Å². The van der Waals surface area contributed by atoms with Gasteiger partial charge in [-0.3, -0.25) is 9.69 Å². The number of rotatable bonds is 11. The maximum absolute atomic E-state index is 12.2. The van der Waals surface area contributed by atoms with Gasteiger partial charge in [0.05, 0.1) is 6.42 Å². The molecule has 206 valence electrons. The molecule has 1 saturated heterocycles.